The van der Waals surface area contributed by atoms with Crippen molar-refractivity contribution in [2.75, 3.05) is 0 Å². The van der Waals surface area contributed by atoms with Crippen LogP contribution in [0.25, 0.3) is 0 Å². The molecule has 3 fully saturated rings. The zero-order valence-electron chi connectivity index (χ0n) is 21.1. The second-order valence-electron chi connectivity index (χ2n) is 11.7. The number of pyridine rings is 1. The normalized spacial score (nSPS) is 35.8. The minimum atomic E-state index is -0.262. The summed E-state index contributed by atoms with van der Waals surface area (Å²) in [5.41, 5.74) is 2.50. The molecule has 6 unspecified atom stereocenters. The largest absolute Gasteiger partial charge is 0.462 e. The highest BCUT2D eigenvalue weighted by molar-refractivity contribution is 5.91. The number of esters is 1. The van der Waals surface area contributed by atoms with Crippen molar-refractivity contribution in [2.24, 2.45) is 28.6 Å². The molecular weight excluding hydrogens is 440 g/mol. The predicted molar refractivity (Wildman–Crippen MR) is 132 cm³/mol. The van der Waals surface area contributed by atoms with Crippen LogP contribution in [-0.2, 0) is 25.7 Å². The number of carbonyl (C=O) groups is 3. The van der Waals surface area contributed by atoms with E-state index in [0.29, 0.717) is 36.5 Å². The second-order valence-corrected chi connectivity index (χ2v) is 11.7. The molecule has 1 heterocycles. The van der Waals surface area contributed by atoms with Crippen LogP contribution < -0.4 is 5.32 Å². The number of fused-ring (bicyclic) bond motifs is 5. The van der Waals surface area contributed by atoms with E-state index in [-0.39, 0.29) is 41.7 Å². The summed E-state index contributed by atoms with van der Waals surface area (Å²) in [6, 6.07) is 3.74. The van der Waals surface area contributed by atoms with Gasteiger partial charge in [-0.25, -0.2) is 0 Å². The number of nitrogens with one attached hydrogen (secondary N) is 1. The summed E-state index contributed by atoms with van der Waals surface area (Å²) < 4.78 is 6.04. The lowest BCUT2D eigenvalue weighted by Crippen LogP contribution is -2.51. The number of hydrogen-bond donors (Lipinski definition) is 1. The monoisotopic (exact) mass is 478 g/mol. The Morgan fingerprint density at radius 3 is 2.74 bits per heavy atom. The Morgan fingerprint density at radius 1 is 1.09 bits per heavy atom. The van der Waals surface area contributed by atoms with Crippen LogP contribution in [0, 0.1) is 28.6 Å². The van der Waals surface area contributed by atoms with Gasteiger partial charge >= 0.3 is 5.97 Å². The Kier molecular flexibility index (Phi) is 6.58. The van der Waals surface area contributed by atoms with E-state index in [2.05, 4.69) is 24.1 Å². The quantitative estimate of drug-likeness (QED) is 0.587. The molecule has 1 N–H and O–H groups in total. The number of aromatic nitrogens is 1. The third-order valence-electron chi connectivity index (χ3n) is 9.92. The van der Waals surface area contributed by atoms with E-state index in [1.807, 2.05) is 18.2 Å². The summed E-state index contributed by atoms with van der Waals surface area (Å²) >= 11 is 0. The van der Waals surface area contributed by atoms with E-state index in [1.54, 1.807) is 12.4 Å². The highest BCUT2D eigenvalue weighted by Crippen LogP contribution is 2.65. The van der Waals surface area contributed by atoms with E-state index in [1.165, 1.54) is 5.57 Å². The molecule has 5 rings (SSSR count). The van der Waals surface area contributed by atoms with Crippen LogP contribution in [0.3, 0.4) is 0 Å². The van der Waals surface area contributed by atoms with Crippen molar-refractivity contribution in [3.63, 3.8) is 0 Å². The van der Waals surface area contributed by atoms with Gasteiger partial charge in [-0.3, -0.25) is 19.4 Å². The molecule has 0 radical (unpaired) electrons. The van der Waals surface area contributed by atoms with Crippen LogP contribution in [0.5, 0.6) is 0 Å². The van der Waals surface area contributed by atoms with Crippen LogP contribution in [-0.4, -0.2) is 28.7 Å². The van der Waals surface area contributed by atoms with E-state index in [4.69, 9.17) is 4.74 Å². The van der Waals surface area contributed by atoms with E-state index in [0.717, 1.165) is 50.5 Å². The van der Waals surface area contributed by atoms with E-state index < -0.39 is 0 Å². The van der Waals surface area contributed by atoms with Gasteiger partial charge in [0.2, 0.25) is 5.91 Å². The first kappa shape index (κ1) is 24.2. The third-order valence-corrected chi connectivity index (χ3v) is 9.92. The van der Waals surface area contributed by atoms with Gasteiger partial charge in [0, 0.05) is 37.2 Å². The predicted octanol–water partition coefficient (Wildman–Crippen LogP) is 4.92. The molecule has 0 spiro atoms. The fraction of sp³-hybridized carbons (Fsp3) is 0.655. The fourth-order valence-corrected chi connectivity index (χ4v) is 7.93. The Bertz CT molecular complexity index is 1020. The van der Waals surface area contributed by atoms with Crippen LogP contribution in [0.2, 0.25) is 0 Å². The van der Waals surface area contributed by atoms with E-state index >= 15 is 0 Å². The van der Waals surface area contributed by atoms with E-state index in [9.17, 15) is 14.4 Å². The topological polar surface area (TPSA) is 85.4 Å². The summed E-state index contributed by atoms with van der Waals surface area (Å²) in [6.45, 7) is 5.14. The molecule has 0 saturated heterocycles. The molecule has 3 saturated carbocycles. The maximum absolute atomic E-state index is 12.7. The Morgan fingerprint density at radius 2 is 1.94 bits per heavy atom. The molecule has 35 heavy (non-hydrogen) atoms. The number of rotatable bonds is 6. The summed E-state index contributed by atoms with van der Waals surface area (Å²) in [7, 11) is 0. The van der Waals surface area contributed by atoms with Crippen molar-refractivity contribution in [3.8, 4) is 0 Å². The lowest BCUT2D eigenvalue weighted by Gasteiger charge is -2.57. The van der Waals surface area contributed by atoms with Crippen molar-refractivity contribution in [2.45, 2.75) is 90.7 Å². The first-order valence-corrected chi connectivity index (χ1v) is 13.4. The van der Waals surface area contributed by atoms with Crippen molar-refractivity contribution in [1.29, 1.82) is 0 Å². The molecule has 6 atom stereocenters. The highest BCUT2D eigenvalue weighted by Gasteiger charge is 2.59. The van der Waals surface area contributed by atoms with Crippen molar-refractivity contribution in [1.82, 2.24) is 10.3 Å². The maximum atomic E-state index is 12.7. The molecule has 188 valence electrons. The number of amides is 1. The van der Waals surface area contributed by atoms with Gasteiger partial charge in [0.05, 0.1) is 6.42 Å². The number of carbonyl (C=O) groups excluding carboxylic acids is 3. The third kappa shape index (κ3) is 4.56. The molecule has 0 aromatic carbocycles. The number of hydrogen-bond acceptors (Lipinski definition) is 5. The molecule has 6 nitrogen and oxygen atoms in total. The van der Waals surface area contributed by atoms with Crippen molar-refractivity contribution >= 4 is 17.7 Å². The molecule has 0 aliphatic heterocycles. The minimum Gasteiger partial charge on any atom is -0.462 e. The van der Waals surface area contributed by atoms with Gasteiger partial charge in [-0.2, -0.15) is 0 Å². The summed E-state index contributed by atoms with van der Waals surface area (Å²) in [4.78, 5) is 41.0. The van der Waals surface area contributed by atoms with Gasteiger partial charge in [0.25, 0.3) is 0 Å². The zero-order chi connectivity index (χ0) is 24.6. The van der Waals surface area contributed by atoms with Crippen LogP contribution in [0.15, 0.2) is 36.2 Å². The number of ether oxygens (including phenoxy) is 1. The van der Waals surface area contributed by atoms with Crippen LogP contribution in [0.1, 0.15) is 83.6 Å². The molecule has 0 bridgehead atoms. The fourth-order valence-electron chi connectivity index (χ4n) is 7.93. The maximum Gasteiger partial charge on any atom is 0.306 e. The summed E-state index contributed by atoms with van der Waals surface area (Å²) in [5.74, 6) is 1.74. The average Bonchev–Trinajstić information content (AvgIpc) is 3.18. The first-order valence-electron chi connectivity index (χ1n) is 13.4. The number of ketones is 1. The summed E-state index contributed by atoms with van der Waals surface area (Å²) in [5, 5.41) is 2.85. The average molecular weight is 479 g/mol. The molecule has 1 aromatic rings. The van der Waals surface area contributed by atoms with Gasteiger partial charge < -0.3 is 10.1 Å². The zero-order valence-corrected chi connectivity index (χ0v) is 21.1. The van der Waals surface area contributed by atoms with Crippen LogP contribution >= 0.6 is 0 Å². The van der Waals surface area contributed by atoms with Gasteiger partial charge in [-0.15, -0.1) is 0 Å². The molecule has 1 aromatic heterocycles. The standard InChI is InChI=1S/C29H38N2O4/c1-28-13-11-21(32)16-20(28)5-6-22-23-7-8-25(29(23,2)14-12-24(22)28)35-27(34)10-9-26(33)31-18-19-4-3-15-30-17-19/h3-4,15-17,22-25H,5-14,18H2,1-2H3,(H,31,33). The van der Waals surface area contributed by atoms with Crippen LogP contribution in [0.4, 0.5) is 0 Å². The summed E-state index contributed by atoms with van der Waals surface area (Å²) in [6.07, 6.45) is 13.7. The molecular formula is C29H38N2O4. The Labute approximate surface area is 208 Å². The minimum absolute atomic E-state index is 0.0153. The van der Waals surface area contributed by atoms with Gasteiger partial charge in [0.15, 0.2) is 5.78 Å². The SMILES string of the molecule is CC12CCC(=O)C=C1CCC1C2CCC2(C)C(OC(=O)CCC(=O)NCc3cccnc3)CCC12. The van der Waals surface area contributed by atoms with Gasteiger partial charge in [-0.05, 0) is 85.8 Å². The van der Waals surface area contributed by atoms with Gasteiger partial charge in [0.1, 0.15) is 6.10 Å². The smallest absolute Gasteiger partial charge is 0.306 e. The molecule has 4 aliphatic rings. The second kappa shape index (κ2) is 9.51. The lowest BCUT2D eigenvalue weighted by atomic mass is 9.47. The van der Waals surface area contributed by atoms with Crippen molar-refractivity contribution in [3.05, 3.63) is 41.7 Å². The first-order chi connectivity index (χ1) is 16.8. The molecule has 6 heteroatoms. The number of nitrogens with zero attached hydrogens (tertiary/aromatic N) is 1. The Balaban J connectivity index is 1.16. The lowest BCUT2D eigenvalue weighted by molar-refractivity contribution is -0.160. The van der Waals surface area contributed by atoms with Crippen molar-refractivity contribution < 1.29 is 19.1 Å². The molecule has 1 amide bonds. The molecule has 4 aliphatic carbocycles. The number of allylic oxidation sites excluding steroid dienone is 1. The van der Waals surface area contributed by atoms with Gasteiger partial charge in [-0.1, -0.05) is 25.5 Å². The Hall–Kier alpha value is -2.50. The highest BCUT2D eigenvalue weighted by atomic mass is 16.5.